The molecule has 7 heteroatoms. The fourth-order valence-electron chi connectivity index (χ4n) is 4.56. The van der Waals surface area contributed by atoms with Gasteiger partial charge in [-0.1, -0.05) is 6.42 Å². The number of amides is 1. The van der Waals surface area contributed by atoms with Crippen molar-refractivity contribution in [2.45, 2.75) is 51.5 Å². The Labute approximate surface area is 169 Å². The van der Waals surface area contributed by atoms with E-state index < -0.39 is 0 Å². The number of carbonyl (C=O) groups is 1. The zero-order valence-electron chi connectivity index (χ0n) is 15.7. The van der Waals surface area contributed by atoms with Crippen molar-refractivity contribution >= 4 is 35.8 Å². The number of aliphatic imine (C=N–C) groups is 1. The van der Waals surface area contributed by atoms with Crippen LogP contribution in [0.2, 0.25) is 0 Å². The molecule has 3 aliphatic rings. The van der Waals surface area contributed by atoms with Crippen LogP contribution in [-0.4, -0.2) is 74.0 Å². The second kappa shape index (κ2) is 9.39. The first kappa shape index (κ1) is 20.7. The van der Waals surface area contributed by atoms with E-state index in [1.54, 1.807) is 0 Å². The summed E-state index contributed by atoms with van der Waals surface area (Å²) in [6.07, 6.45) is 6.98. The fourth-order valence-corrected chi connectivity index (χ4v) is 4.56. The van der Waals surface area contributed by atoms with Gasteiger partial charge in [0.15, 0.2) is 5.96 Å². The third kappa shape index (κ3) is 5.21. The molecule has 0 radical (unpaired) electrons. The lowest BCUT2D eigenvalue weighted by molar-refractivity contribution is -0.119. The van der Waals surface area contributed by atoms with Crippen LogP contribution in [0.15, 0.2) is 4.99 Å². The van der Waals surface area contributed by atoms with Crippen LogP contribution in [0, 0.1) is 5.41 Å². The quantitative estimate of drug-likeness (QED) is 0.380. The minimum atomic E-state index is 0. The molecule has 144 valence electrons. The van der Waals surface area contributed by atoms with Crippen molar-refractivity contribution in [3.63, 3.8) is 0 Å². The zero-order chi connectivity index (χ0) is 17.0. The van der Waals surface area contributed by atoms with E-state index in [-0.39, 0.29) is 35.3 Å². The molecule has 0 aromatic rings. The average molecular weight is 463 g/mol. The van der Waals surface area contributed by atoms with Crippen molar-refractivity contribution in [2.75, 3.05) is 46.3 Å². The molecular formula is C18H34IN5O. The Bertz CT molecular complexity index is 486. The number of halogens is 1. The summed E-state index contributed by atoms with van der Waals surface area (Å²) in [5.41, 5.74) is 0.119. The molecule has 3 heterocycles. The van der Waals surface area contributed by atoms with Gasteiger partial charge < -0.3 is 15.5 Å². The molecule has 2 unspecified atom stereocenters. The van der Waals surface area contributed by atoms with Crippen LogP contribution >= 0.6 is 24.0 Å². The lowest BCUT2D eigenvalue weighted by Crippen LogP contribution is -2.52. The Morgan fingerprint density at radius 3 is 2.88 bits per heavy atom. The lowest BCUT2D eigenvalue weighted by atomic mass is 9.79. The summed E-state index contributed by atoms with van der Waals surface area (Å²) in [5, 5.41) is 6.57. The molecule has 0 aromatic carbocycles. The third-order valence-electron chi connectivity index (χ3n) is 5.99. The highest BCUT2D eigenvalue weighted by Gasteiger charge is 2.42. The summed E-state index contributed by atoms with van der Waals surface area (Å²) in [7, 11) is 1.87. The number of likely N-dealkylation sites (tertiary alicyclic amines) is 2. The summed E-state index contributed by atoms with van der Waals surface area (Å²) in [6, 6.07) is 0.705. The summed E-state index contributed by atoms with van der Waals surface area (Å²) < 4.78 is 0. The molecule has 3 aliphatic heterocycles. The highest BCUT2D eigenvalue weighted by molar-refractivity contribution is 14.0. The molecule has 6 nitrogen and oxygen atoms in total. The monoisotopic (exact) mass is 463 g/mol. The molecule has 25 heavy (non-hydrogen) atoms. The van der Waals surface area contributed by atoms with Crippen molar-refractivity contribution in [1.29, 1.82) is 0 Å². The first-order chi connectivity index (χ1) is 11.6. The van der Waals surface area contributed by atoms with Crippen molar-refractivity contribution in [2.24, 2.45) is 10.4 Å². The molecule has 1 spiro atoms. The van der Waals surface area contributed by atoms with Crippen molar-refractivity contribution in [3.05, 3.63) is 0 Å². The number of piperidine rings is 2. The molecule has 0 saturated carbocycles. The number of carbonyl (C=O) groups excluding carboxylic acids is 1. The van der Waals surface area contributed by atoms with Gasteiger partial charge in [0.2, 0.25) is 5.91 Å². The maximum atomic E-state index is 11.7. The number of rotatable bonds is 3. The molecule has 0 bridgehead atoms. The Morgan fingerprint density at radius 1 is 1.36 bits per heavy atom. The van der Waals surface area contributed by atoms with E-state index in [9.17, 15) is 4.79 Å². The standard InChI is InChI=1S/C18H33N5O.HI/c1-15-6-3-4-9-22(15)11-8-20-17(19-2)23-10-5-7-18(14-23)12-16(24)21-13-18;/h15H,3-14H2,1-2H3,(H,19,20)(H,21,24);1H. The number of guanidine groups is 1. The van der Waals surface area contributed by atoms with Gasteiger partial charge in [-0.05, 0) is 39.2 Å². The van der Waals surface area contributed by atoms with Gasteiger partial charge >= 0.3 is 0 Å². The Morgan fingerprint density at radius 2 is 2.20 bits per heavy atom. The van der Waals surface area contributed by atoms with E-state index in [1.807, 2.05) is 7.05 Å². The van der Waals surface area contributed by atoms with Crippen LogP contribution in [0.25, 0.3) is 0 Å². The predicted octanol–water partition coefficient (Wildman–Crippen LogP) is 1.66. The topological polar surface area (TPSA) is 60.0 Å². The highest BCUT2D eigenvalue weighted by Crippen LogP contribution is 2.35. The maximum absolute atomic E-state index is 11.7. The predicted molar refractivity (Wildman–Crippen MR) is 113 cm³/mol. The first-order valence-corrected chi connectivity index (χ1v) is 9.58. The Kier molecular flexibility index (Phi) is 7.79. The summed E-state index contributed by atoms with van der Waals surface area (Å²) in [4.78, 5) is 21.1. The van der Waals surface area contributed by atoms with E-state index >= 15 is 0 Å². The maximum Gasteiger partial charge on any atom is 0.220 e. The van der Waals surface area contributed by atoms with E-state index in [0.717, 1.165) is 51.5 Å². The third-order valence-corrected chi connectivity index (χ3v) is 5.99. The summed E-state index contributed by atoms with van der Waals surface area (Å²) >= 11 is 0. The fraction of sp³-hybridized carbons (Fsp3) is 0.889. The van der Waals surface area contributed by atoms with Crippen LogP contribution in [0.4, 0.5) is 0 Å². The lowest BCUT2D eigenvalue weighted by Gasteiger charge is -2.41. The van der Waals surface area contributed by atoms with E-state index in [4.69, 9.17) is 0 Å². The second-order valence-electron chi connectivity index (χ2n) is 7.83. The molecule has 2 N–H and O–H groups in total. The number of nitrogens with zero attached hydrogens (tertiary/aromatic N) is 3. The average Bonchev–Trinajstić information content (AvgIpc) is 2.93. The van der Waals surface area contributed by atoms with Crippen LogP contribution < -0.4 is 10.6 Å². The SMILES string of the molecule is CN=C(NCCN1CCCCC1C)N1CCCC2(CNC(=O)C2)C1.I. The zero-order valence-corrected chi connectivity index (χ0v) is 18.1. The van der Waals surface area contributed by atoms with Gasteiger partial charge in [-0.15, -0.1) is 24.0 Å². The molecule has 1 amide bonds. The minimum Gasteiger partial charge on any atom is -0.355 e. The van der Waals surface area contributed by atoms with Crippen molar-refractivity contribution in [1.82, 2.24) is 20.4 Å². The Hall–Kier alpha value is -0.570. The number of hydrogen-bond acceptors (Lipinski definition) is 3. The molecule has 3 rings (SSSR count). The van der Waals surface area contributed by atoms with E-state index in [0.29, 0.717) is 12.5 Å². The van der Waals surface area contributed by atoms with Gasteiger partial charge in [0, 0.05) is 57.6 Å². The van der Waals surface area contributed by atoms with Gasteiger partial charge in [0.25, 0.3) is 0 Å². The summed E-state index contributed by atoms with van der Waals surface area (Å²) in [6.45, 7) is 8.39. The van der Waals surface area contributed by atoms with Crippen LogP contribution in [0.1, 0.15) is 45.4 Å². The number of hydrogen-bond donors (Lipinski definition) is 2. The molecule has 3 saturated heterocycles. The molecule has 3 fully saturated rings. The van der Waals surface area contributed by atoms with Crippen LogP contribution in [0.3, 0.4) is 0 Å². The molecule has 2 atom stereocenters. The normalized spacial score (nSPS) is 31.0. The summed E-state index contributed by atoms with van der Waals surface area (Å²) in [5.74, 6) is 1.21. The van der Waals surface area contributed by atoms with Gasteiger partial charge in [-0.3, -0.25) is 14.7 Å². The largest absolute Gasteiger partial charge is 0.355 e. The van der Waals surface area contributed by atoms with E-state index in [2.05, 4.69) is 32.3 Å². The minimum absolute atomic E-state index is 0. The van der Waals surface area contributed by atoms with Gasteiger partial charge in [0.1, 0.15) is 0 Å². The smallest absolute Gasteiger partial charge is 0.220 e. The van der Waals surface area contributed by atoms with Crippen LogP contribution in [-0.2, 0) is 4.79 Å². The number of nitrogens with one attached hydrogen (secondary N) is 2. The van der Waals surface area contributed by atoms with Crippen LogP contribution in [0.5, 0.6) is 0 Å². The molecule has 0 aromatic heterocycles. The second-order valence-corrected chi connectivity index (χ2v) is 7.83. The van der Waals surface area contributed by atoms with Gasteiger partial charge in [0.05, 0.1) is 0 Å². The van der Waals surface area contributed by atoms with Crippen molar-refractivity contribution in [3.8, 4) is 0 Å². The molecule has 0 aliphatic carbocycles. The van der Waals surface area contributed by atoms with E-state index in [1.165, 1.54) is 25.8 Å². The molecular weight excluding hydrogens is 429 g/mol. The highest BCUT2D eigenvalue weighted by atomic mass is 127. The van der Waals surface area contributed by atoms with Crippen molar-refractivity contribution < 1.29 is 4.79 Å². The van der Waals surface area contributed by atoms with Gasteiger partial charge in [-0.2, -0.15) is 0 Å². The Balaban J connectivity index is 0.00000225. The first-order valence-electron chi connectivity index (χ1n) is 9.58. The van der Waals surface area contributed by atoms with Gasteiger partial charge in [-0.25, -0.2) is 0 Å².